The van der Waals surface area contributed by atoms with Gasteiger partial charge in [-0.15, -0.1) is 0 Å². The molecule has 0 spiro atoms. The summed E-state index contributed by atoms with van der Waals surface area (Å²) in [5.74, 6) is 0.0848. The lowest BCUT2D eigenvalue weighted by Crippen LogP contribution is -2.17. The van der Waals surface area contributed by atoms with E-state index in [9.17, 15) is 20.0 Å². The molecule has 1 aliphatic rings. The SMILES string of the molecule is N#Cc1n[nH]c(=O)c2c1nc(C1CCCCC1)n2Cc1ccc(-c2ccccc2C(=O)O)cc1. The number of nitrogens with one attached hydrogen (secondary N) is 1. The minimum Gasteiger partial charge on any atom is -0.478 e. The first-order chi connectivity index (χ1) is 16.6. The van der Waals surface area contributed by atoms with Crippen LogP contribution >= 0.6 is 0 Å². The van der Waals surface area contributed by atoms with Crippen molar-refractivity contribution in [1.29, 1.82) is 5.26 Å². The van der Waals surface area contributed by atoms with Gasteiger partial charge in [0.1, 0.15) is 22.9 Å². The Kier molecular flexibility index (Phi) is 5.68. The first-order valence-corrected chi connectivity index (χ1v) is 11.4. The van der Waals surface area contributed by atoms with Gasteiger partial charge >= 0.3 is 5.97 Å². The van der Waals surface area contributed by atoms with Crippen molar-refractivity contribution in [2.45, 2.75) is 44.6 Å². The van der Waals surface area contributed by atoms with E-state index in [2.05, 4.69) is 10.2 Å². The van der Waals surface area contributed by atoms with E-state index in [1.54, 1.807) is 18.2 Å². The van der Waals surface area contributed by atoms with Crippen molar-refractivity contribution in [3.05, 3.63) is 81.5 Å². The van der Waals surface area contributed by atoms with Crippen LogP contribution in [0.2, 0.25) is 0 Å². The maximum atomic E-state index is 12.8. The summed E-state index contributed by atoms with van der Waals surface area (Å²) in [6.07, 6.45) is 5.43. The lowest BCUT2D eigenvalue weighted by Gasteiger charge is -2.22. The van der Waals surface area contributed by atoms with Crippen molar-refractivity contribution in [3.8, 4) is 17.2 Å². The van der Waals surface area contributed by atoms with Crippen LogP contribution in [0.4, 0.5) is 0 Å². The molecule has 0 amide bonds. The van der Waals surface area contributed by atoms with Crippen LogP contribution in [0, 0.1) is 11.3 Å². The standard InChI is InChI=1S/C26H23N5O3/c27-14-21-22-23(25(32)30-29-21)31(24(28-22)18-6-2-1-3-7-18)15-16-10-12-17(13-11-16)19-8-4-5-9-20(19)26(33)34/h4-5,8-13,18H,1-3,6-7,15H2,(H,30,32)(H,33,34). The molecule has 0 bridgehead atoms. The molecule has 1 aliphatic carbocycles. The quantitative estimate of drug-likeness (QED) is 0.460. The molecule has 0 unspecified atom stereocenters. The number of nitrogens with zero attached hydrogens (tertiary/aromatic N) is 4. The second-order valence-corrected chi connectivity index (χ2v) is 8.65. The number of H-pyrrole nitrogens is 1. The second-order valence-electron chi connectivity index (χ2n) is 8.65. The summed E-state index contributed by atoms with van der Waals surface area (Å²) in [6.45, 7) is 0.418. The summed E-state index contributed by atoms with van der Waals surface area (Å²) in [4.78, 5) is 29.1. The van der Waals surface area contributed by atoms with Crippen molar-refractivity contribution < 1.29 is 9.90 Å². The third kappa shape index (κ3) is 3.86. The largest absolute Gasteiger partial charge is 0.478 e. The number of hydrogen-bond acceptors (Lipinski definition) is 5. The van der Waals surface area contributed by atoms with Gasteiger partial charge in [0.2, 0.25) is 0 Å². The van der Waals surface area contributed by atoms with E-state index in [-0.39, 0.29) is 22.7 Å². The zero-order valence-electron chi connectivity index (χ0n) is 18.5. The lowest BCUT2D eigenvalue weighted by molar-refractivity contribution is 0.0697. The molecule has 5 rings (SSSR count). The molecule has 4 aromatic rings. The molecule has 1 saturated carbocycles. The third-order valence-electron chi connectivity index (χ3n) is 6.55. The molecule has 0 atom stereocenters. The van der Waals surface area contributed by atoms with Crippen molar-refractivity contribution >= 4 is 17.0 Å². The molecule has 170 valence electrons. The Labute approximate surface area is 195 Å². The molecule has 1 fully saturated rings. The Balaban J connectivity index is 1.57. The van der Waals surface area contributed by atoms with Gasteiger partial charge in [-0.3, -0.25) is 4.79 Å². The van der Waals surface area contributed by atoms with Crippen LogP contribution in [0.15, 0.2) is 53.3 Å². The Morgan fingerprint density at radius 1 is 1.12 bits per heavy atom. The minimum atomic E-state index is -0.970. The Bertz CT molecular complexity index is 1470. The maximum absolute atomic E-state index is 12.8. The van der Waals surface area contributed by atoms with Crippen molar-refractivity contribution in [1.82, 2.24) is 19.7 Å². The fraction of sp³-hybridized carbons (Fsp3) is 0.269. The zero-order chi connectivity index (χ0) is 23.7. The van der Waals surface area contributed by atoms with E-state index < -0.39 is 5.97 Å². The van der Waals surface area contributed by atoms with Gasteiger partial charge in [-0.05, 0) is 35.6 Å². The van der Waals surface area contributed by atoms with Gasteiger partial charge in [0.05, 0.1) is 5.56 Å². The van der Waals surface area contributed by atoms with Gasteiger partial charge in [0, 0.05) is 12.5 Å². The van der Waals surface area contributed by atoms with Gasteiger partial charge in [0.25, 0.3) is 5.56 Å². The lowest BCUT2D eigenvalue weighted by atomic mass is 9.88. The van der Waals surface area contributed by atoms with E-state index in [1.165, 1.54) is 6.42 Å². The summed E-state index contributed by atoms with van der Waals surface area (Å²) < 4.78 is 1.92. The number of fused-ring (bicyclic) bond motifs is 1. The number of carboxylic acid groups (broad SMARTS) is 1. The summed E-state index contributed by atoms with van der Waals surface area (Å²) >= 11 is 0. The number of carbonyl (C=O) groups is 1. The average Bonchev–Trinajstić information content (AvgIpc) is 3.25. The molecular weight excluding hydrogens is 430 g/mol. The molecule has 0 aliphatic heterocycles. The van der Waals surface area contributed by atoms with Gasteiger partial charge in [-0.25, -0.2) is 14.9 Å². The highest BCUT2D eigenvalue weighted by atomic mass is 16.4. The fourth-order valence-electron chi connectivity index (χ4n) is 4.88. The minimum absolute atomic E-state index is 0.117. The molecule has 34 heavy (non-hydrogen) atoms. The Morgan fingerprint density at radius 2 is 1.85 bits per heavy atom. The van der Waals surface area contributed by atoms with Crippen LogP contribution in [-0.2, 0) is 6.54 Å². The fourth-order valence-corrected chi connectivity index (χ4v) is 4.88. The summed E-state index contributed by atoms with van der Waals surface area (Å²) in [5.41, 5.74) is 3.12. The maximum Gasteiger partial charge on any atom is 0.336 e. The molecular formula is C26H23N5O3. The van der Waals surface area contributed by atoms with E-state index in [1.807, 2.05) is 41.0 Å². The first kappa shape index (κ1) is 21.6. The Morgan fingerprint density at radius 3 is 2.56 bits per heavy atom. The number of aromatic amines is 1. The van der Waals surface area contributed by atoms with Crippen molar-refractivity contribution in [2.75, 3.05) is 0 Å². The van der Waals surface area contributed by atoms with Crippen LogP contribution in [0.1, 0.15) is 65.5 Å². The van der Waals surface area contributed by atoms with Gasteiger partial charge in [-0.1, -0.05) is 61.7 Å². The molecule has 2 aromatic carbocycles. The van der Waals surface area contributed by atoms with Crippen LogP contribution in [0.3, 0.4) is 0 Å². The van der Waals surface area contributed by atoms with Crippen LogP contribution in [0.25, 0.3) is 22.2 Å². The third-order valence-corrected chi connectivity index (χ3v) is 6.55. The molecule has 8 heteroatoms. The van der Waals surface area contributed by atoms with Crippen LogP contribution in [-0.4, -0.2) is 30.8 Å². The monoisotopic (exact) mass is 453 g/mol. The number of carboxylic acids is 1. The topological polar surface area (TPSA) is 125 Å². The highest BCUT2D eigenvalue weighted by molar-refractivity contribution is 5.96. The molecule has 2 heterocycles. The van der Waals surface area contributed by atoms with Gasteiger partial charge in [-0.2, -0.15) is 10.4 Å². The number of hydrogen-bond donors (Lipinski definition) is 2. The summed E-state index contributed by atoms with van der Waals surface area (Å²) in [5, 5.41) is 25.3. The number of nitriles is 1. The molecule has 0 radical (unpaired) electrons. The highest BCUT2D eigenvalue weighted by Crippen LogP contribution is 2.34. The zero-order valence-corrected chi connectivity index (χ0v) is 18.5. The van der Waals surface area contributed by atoms with E-state index in [0.29, 0.717) is 23.1 Å². The Hall–Kier alpha value is -4.25. The highest BCUT2D eigenvalue weighted by Gasteiger charge is 2.25. The number of aromatic nitrogens is 4. The number of benzene rings is 2. The second kappa shape index (κ2) is 8.94. The summed E-state index contributed by atoms with van der Waals surface area (Å²) in [6, 6.07) is 16.6. The summed E-state index contributed by atoms with van der Waals surface area (Å²) in [7, 11) is 0. The smallest absolute Gasteiger partial charge is 0.336 e. The van der Waals surface area contributed by atoms with Crippen molar-refractivity contribution in [2.24, 2.45) is 0 Å². The van der Waals surface area contributed by atoms with E-state index >= 15 is 0 Å². The number of rotatable bonds is 5. The van der Waals surface area contributed by atoms with E-state index in [4.69, 9.17) is 4.98 Å². The average molecular weight is 454 g/mol. The molecule has 0 saturated heterocycles. The van der Waals surface area contributed by atoms with Crippen LogP contribution in [0.5, 0.6) is 0 Å². The van der Waals surface area contributed by atoms with Crippen LogP contribution < -0.4 is 5.56 Å². The normalized spacial score (nSPS) is 14.2. The molecule has 8 nitrogen and oxygen atoms in total. The number of imidazole rings is 1. The molecule has 2 N–H and O–H groups in total. The predicted octanol–water partition coefficient (Wildman–Crippen LogP) is 4.45. The predicted molar refractivity (Wildman–Crippen MR) is 127 cm³/mol. The molecule has 2 aromatic heterocycles. The first-order valence-electron chi connectivity index (χ1n) is 11.4. The number of aromatic carboxylic acids is 1. The van der Waals surface area contributed by atoms with E-state index in [0.717, 1.165) is 42.6 Å². The van der Waals surface area contributed by atoms with Gasteiger partial charge in [0.15, 0.2) is 5.69 Å². The van der Waals surface area contributed by atoms with Crippen molar-refractivity contribution in [3.63, 3.8) is 0 Å². The van der Waals surface area contributed by atoms with Gasteiger partial charge < -0.3 is 9.67 Å².